The summed E-state index contributed by atoms with van der Waals surface area (Å²) in [6.45, 7) is 4.14. The van der Waals surface area contributed by atoms with Gasteiger partial charge >= 0.3 is 0 Å². The Morgan fingerprint density at radius 1 is 0.778 bits per heavy atom. The van der Waals surface area contributed by atoms with Gasteiger partial charge in [-0.2, -0.15) is 0 Å². The average Bonchev–Trinajstić information content (AvgIpc) is 2.42. The highest BCUT2D eigenvalue weighted by atomic mass is 16.5. The summed E-state index contributed by atoms with van der Waals surface area (Å²) in [5, 5.41) is 0. The molecule has 0 aromatic heterocycles. The number of hydrogen-bond donors (Lipinski definition) is 0. The molecule has 0 amide bonds. The molecule has 0 spiro atoms. The molecule has 1 aromatic carbocycles. The minimum absolute atomic E-state index is 0.953. The van der Waals surface area contributed by atoms with Gasteiger partial charge in [0.25, 0.3) is 0 Å². The van der Waals surface area contributed by atoms with Crippen molar-refractivity contribution in [1.82, 2.24) is 0 Å². The van der Waals surface area contributed by atoms with Gasteiger partial charge in [0.15, 0.2) is 0 Å². The molecule has 0 aliphatic rings. The molecule has 0 unspecified atom stereocenters. The van der Waals surface area contributed by atoms with E-state index in [0.717, 1.165) is 13.2 Å². The van der Waals surface area contributed by atoms with Crippen LogP contribution in [-0.2, 0) is 11.2 Å². The van der Waals surface area contributed by atoms with Crippen molar-refractivity contribution in [2.75, 3.05) is 13.2 Å². The zero-order valence-electron chi connectivity index (χ0n) is 11.9. The van der Waals surface area contributed by atoms with Gasteiger partial charge in [0.1, 0.15) is 0 Å². The summed E-state index contributed by atoms with van der Waals surface area (Å²) in [5.74, 6) is 0. The van der Waals surface area contributed by atoms with Crippen molar-refractivity contribution in [2.45, 2.75) is 58.3 Å². The predicted molar refractivity (Wildman–Crippen MR) is 79.0 cm³/mol. The third-order valence-electron chi connectivity index (χ3n) is 3.24. The highest BCUT2D eigenvalue weighted by Crippen LogP contribution is 2.07. The fourth-order valence-electron chi connectivity index (χ4n) is 2.09. The first kappa shape index (κ1) is 15.2. The monoisotopic (exact) mass is 248 g/mol. The molecule has 0 saturated heterocycles. The minimum atomic E-state index is 0.953. The maximum atomic E-state index is 5.60. The van der Waals surface area contributed by atoms with E-state index < -0.39 is 0 Å². The summed E-state index contributed by atoms with van der Waals surface area (Å²) in [7, 11) is 0. The van der Waals surface area contributed by atoms with Crippen molar-refractivity contribution in [3.8, 4) is 0 Å². The van der Waals surface area contributed by atoms with E-state index in [1.165, 1.54) is 56.9 Å². The third kappa shape index (κ3) is 8.30. The molecule has 0 fully saturated rings. The van der Waals surface area contributed by atoms with Gasteiger partial charge in [-0.15, -0.1) is 0 Å². The van der Waals surface area contributed by atoms with E-state index in [9.17, 15) is 0 Å². The lowest BCUT2D eigenvalue weighted by Crippen LogP contribution is -1.97. The molecule has 1 nitrogen and oxygen atoms in total. The van der Waals surface area contributed by atoms with Crippen LogP contribution in [0.25, 0.3) is 0 Å². The Hall–Kier alpha value is -0.820. The van der Waals surface area contributed by atoms with Crippen LogP contribution < -0.4 is 0 Å². The first-order chi connectivity index (χ1) is 8.93. The molecular formula is C17H28O. The van der Waals surface area contributed by atoms with Gasteiger partial charge in [-0.1, -0.05) is 62.9 Å². The molecule has 0 bridgehead atoms. The average molecular weight is 248 g/mol. The Labute approximate surface area is 113 Å². The summed E-state index contributed by atoms with van der Waals surface area (Å²) in [5.41, 5.74) is 1.47. The van der Waals surface area contributed by atoms with Gasteiger partial charge in [-0.05, 0) is 31.2 Å². The zero-order valence-corrected chi connectivity index (χ0v) is 11.9. The highest BCUT2D eigenvalue weighted by Gasteiger charge is 1.94. The van der Waals surface area contributed by atoms with Crippen LogP contribution in [0.15, 0.2) is 30.3 Å². The number of ether oxygens (including phenoxy) is 1. The van der Waals surface area contributed by atoms with Crippen molar-refractivity contribution in [3.63, 3.8) is 0 Å². The number of benzene rings is 1. The summed E-state index contributed by atoms with van der Waals surface area (Å²) < 4.78 is 5.60. The van der Waals surface area contributed by atoms with Crippen molar-refractivity contribution in [1.29, 1.82) is 0 Å². The Balaban J connectivity index is 1.82. The normalized spacial score (nSPS) is 10.7. The van der Waals surface area contributed by atoms with Gasteiger partial charge in [0.2, 0.25) is 0 Å². The van der Waals surface area contributed by atoms with Crippen molar-refractivity contribution < 1.29 is 4.74 Å². The standard InChI is InChI=1S/C17H28O/c1-2-3-10-15-18-16-11-5-4-7-12-17-13-8-6-9-14-17/h6,8-9,13-14H,2-5,7,10-12,15-16H2,1H3. The largest absolute Gasteiger partial charge is 0.381 e. The number of rotatable bonds is 11. The molecule has 1 heteroatoms. The van der Waals surface area contributed by atoms with E-state index >= 15 is 0 Å². The smallest absolute Gasteiger partial charge is 0.0466 e. The van der Waals surface area contributed by atoms with Crippen LogP contribution in [0.1, 0.15) is 57.4 Å². The molecule has 0 saturated carbocycles. The van der Waals surface area contributed by atoms with Gasteiger partial charge in [-0.3, -0.25) is 0 Å². The second-order valence-corrected chi connectivity index (χ2v) is 4.97. The Bertz CT molecular complexity index is 268. The van der Waals surface area contributed by atoms with Crippen LogP contribution in [0.5, 0.6) is 0 Å². The predicted octanol–water partition coefficient (Wildman–Crippen LogP) is 5.00. The Kier molecular flexibility index (Phi) is 9.55. The highest BCUT2D eigenvalue weighted by molar-refractivity contribution is 5.14. The molecule has 0 radical (unpaired) electrons. The lowest BCUT2D eigenvalue weighted by atomic mass is 10.1. The van der Waals surface area contributed by atoms with Gasteiger partial charge in [-0.25, -0.2) is 0 Å². The quantitative estimate of drug-likeness (QED) is 0.501. The second-order valence-electron chi connectivity index (χ2n) is 4.97. The van der Waals surface area contributed by atoms with E-state index in [1.54, 1.807) is 0 Å². The van der Waals surface area contributed by atoms with Crippen LogP contribution in [0, 0.1) is 0 Å². The molecule has 0 heterocycles. The lowest BCUT2D eigenvalue weighted by Gasteiger charge is -2.04. The van der Waals surface area contributed by atoms with E-state index in [4.69, 9.17) is 4.74 Å². The fourth-order valence-corrected chi connectivity index (χ4v) is 2.09. The van der Waals surface area contributed by atoms with Crippen LogP contribution in [0.3, 0.4) is 0 Å². The third-order valence-corrected chi connectivity index (χ3v) is 3.24. The fraction of sp³-hybridized carbons (Fsp3) is 0.647. The van der Waals surface area contributed by atoms with Crippen LogP contribution in [0.4, 0.5) is 0 Å². The van der Waals surface area contributed by atoms with Gasteiger partial charge in [0, 0.05) is 13.2 Å². The topological polar surface area (TPSA) is 9.23 Å². The molecule has 1 aromatic rings. The number of aryl methyl sites for hydroxylation is 1. The number of hydrogen-bond acceptors (Lipinski definition) is 1. The molecular weight excluding hydrogens is 220 g/mol. The molecule has 0 aliphatic heterocycles. The molecule has 1 rings (SSSR count). The van der Waals surface area contributed by atoms with Crippen molar-refractivity contribution in [2.24, 2.45) is 0 Å². The molecule has 0 atom stereocenters. The van der Waals surface area contributed by atoms with Crippen molar-refractivity contribution >= 4 is 0 Å². The summed E-state index contributed by atoms with van der Waals surface area (Å²) in [4.78, 5) is 0. The van der Waals surface area contributed by atoms with E-state index in [-0.39, 0.29) is 0 Å². The minimum Gasteiger partial charge on any atom is -0.381 e. The second kappa shape index (κ2) is 11.3. The van der Waals surface area contributed by atoms with Crippen LogP contribution >= 0.6 is 0 Å². The molecule has 102 valence electrons. The Morgan fingerprint density at radius 2 is 1.44 bits per heavy atom. The first-order valence-corrected chi connectivity index (χ1v) is 7.55. The SMILES string of the molecule is CCCCCOCCCCCCc1ccccc1. The summed E-state index contributed by atoms with van der Waals surface area (Å²) >= 11 is 0. The summed E-state index contributed by atoms with van der Waals surface area (Å²) in [6, 6.07) is 10.8. The lowest BCUT2D eigenvalue weighted by molar-refractivity contribution is 0.126. The van der Waals surface area contributed by atoms with Crippen LogP contribution in [0.2, 0.25) is 0 Å². The van der Waals surface area contributed by atoms with Gasteiger partial charge in [0.05, 0.1) is 0 Å². The maximum Gasteiger partial charge on any atom is 0.0466 e. The Morgan fingerprint density at radius 3 is 2.17 bits per heavy atom. The van der Waals surface area contributed by atoms with E-state index in [1.807, 2.05) is 0 Å². The molecule has 0 aliphatic carbocycles. The van der Waals surface area contributed by atoms with E-state index in [0.29, 0.717) is 0 Å². The van der Waals surface area contributed by atoms with Crippen molar-refractivity contribution in [3.05, 3.63) is 35.9 Å². The van der Waals surface area contributed by atoms with Gasteiger partial charge < -0.3 is 4.74 Å². The maximum absolute atomic E-state index is 5.60. The molecule has 0 N–H and O–H groups in total. The van der Waals surface area contributed by atoms with E-state index in [2.05, 4.69) is 37.3 Å². The first-order valence-electron chi connectivity index (χ1n) is 7.55. The van der Waals surface area contributed by atoms with Crippen LogP contribution in [-0.4, -0.2) is 13.2 Å². The number of unbranched alkanes of at least 4 members (excludes halogenated alkanes) is 5. The molecule has 18 heavy (non-hydrogen) atoms. The summed E-state index contributed by atoms with van der Waals surface area (Å²) in [6.07, 6.45) is 10.2. The zero-order chi connectivity index (χ0) is 12.9.